The minimum Gasteiger partial charge on any atom is -0.480 e. The fourth-order valence-corrected chi connectivity index (χ4v) is 4.81. The first-order valence-corrected chi connectivity index (χ1v) is 11.7. The molecule has 180 valence electrons. The number of alkyl carbamates (subject to hydrolysis) is 1. The van der Waals surface area contributed by atoms with Gasteiger partial charge in [-0.05, 0) is 47.9 Å². The van der Waals surface area contributed by atoms with Crippen molar-refractivity contribution in [3.05, 3.63) is 59.7 Å². The van der Waals surface area contributed by atoms with Crippen LogP contribution in [-0.4, -0.2) is 53.5 Å². The van der Waals surface area contributed by atoms with Gasteiger partial charge in [-0.1, -0.05) is 55.0 Å². The third kappa shape index (κ3) is 4.92. The number of nitrogens with one attached hydrogen (secondary N) is 2. The number of ether oxygens (including phenoxy) is 1. The van der Waals surface area contributed by atoms with E-state index in [1.54, 1.807) is 0 Å². The van der Waals surface area contributed by atoms with Crippen LogP contribution < -0.4 is 10.6 Å². The third-order valence-electron chi connectivity index (χ3n) is 6.91. The fraction of sp³-hybridized carbons (Fsp3) is 0.423. The summed E-state index contributed by atoms with van der Waals surface area (Å²) in [4.78, 5) is 36.6. The molecule has 1 saturated carbocycles. The molecular formula is C26H30N2O6. The van der Waals surface area contributed by atoms with Gasteiger partial charge in [0.25, 0.3) is 0 Å². The molecule has 0 aliphatic heterocycles. The van der Waals surface area contributed by atoms with Crippen LogP contribution in [0.4, 0.5) is 4.79 Å². The first kappa shape index (κ1) is 23.8. The minimum atomic E-state index is -1.40. The van der Waals surface area contributed by atoms with Gasteiger partial charge in [-0.25, -0.2) is 9.59 Å². The number of carboxylic acid groups (broad SMARTS) is 1. The lowest BCUT2D eigenvalue weighted by Crippen LogP contribution is -2.53. The topological polar surface area (TPSA) is 125 Å². The van der Waals surface area contributed by atoms with Gasteiger partial charge >= 0.3 is 12.1 Å². The fourth-order valence-electron chi connectivity index (χ4n) is 4.81. The molecule has 3 atom stereocenters. The average Bonchev–Trinajstić information content (AvgIpc) is 3.10. The maximum absolute atomic E-state index is 12.8. The number of aliphatic carboxylic acids is 1. The van der Waals surface area contributed by atoms with Crippen LogP contribution in [0.2, 0.25) is 0 Å². The third-order valence-corrected chi connectivity index (χ3v) is 6.91. The maximum Gasteiger partial charge on any atom is 0.407 e. The highest BCUT2D eigenvalue weighted by Gasteiger charge is 2.36. The Morgan fingerprint density at radius 3 is 2.12 bits per heavy atom. The summed E-state index contributed by atoms with van der Waals surface area (Å²) >= 11 is 0. The van der Waals surface area contributed by atoms with E-state index in [1.807, 2.05) is 36.4 Å². The van der Waals surface area contributed by atoms with E-state index in [2.05, 4.69) is 22.8 Å². The van der Waals surface area contributed by atoms with Gasteiger partial charge in [-0.2, -0.15) is 0 Å². The summed E-state index contributed by atoms with van der Waals surface area (Å²) in [6.45, 7) is 1.52. The van der Waals surface area contributed by atoms with Crippen LogP contribution >= 0.6 is 0 Å². The second-order valence-electron chi connectivity index (χ2n) is 9.07. The number of amides is 2. The zero-order valence-electron chi connectivity index (χ0n) is 19.1. The Labute approximate surface area is 198 Å². The Balaban J connectivity index is 1.36. The lowest BCUT2D eigenvalue weighted by atomic mass is 9.75. The number of aliphatic hydroxyl groups excluding tert-OH is 1. The number of aliphatic hydroxyl groups is 1. The van der Waals surface area contributed by atoms with E-state index in [4.69, 9.17) is 4.74 Å². The smallest absolute Gasteiger partial charge is 0.407 e. The highest BCUT2D eigenvalue weighted by atomic mass is 16.5. The molecule has 2 aromatic rings. The molecule has 4 rings (SSSR count). The van der Waals surface area contributed by atoms with Crippen LogP contribution in [0.3, 0.4) is 0 Å². The summed E-state index contributed by atoms with van der Waals surface area (Å²) in [5.74, 6) is -2.39. The zero-order valence-corrected chi connectivity index (χ0v) is 19.1. The van der Waals surface area contributed by atoms with Crippen LogP contribution in [0.5, 0.6) is 0 Å². The molecule has 4 N–H and O–H groups in total. The molecule has 34 heavy (non-hydrogen) atoms. The van der Waals surface area contributed by atoms with Crippen molar-refractivity contribution in [3.8, 4) is 11.1 Å². The quantitative estimate of drug-likeness (QED) is 0.450. The largest absolute Gasteiger partial charge is 0.480 e. The van der Waals surface area contributed by atoms with Crippen molar-refractivity contribution >= 4 is 18.0 Å². The van der Waals surface area contributed by atoms with E-state index in [9.17, 15) is 24.6 Å². The lowest BCUT2D eigenvalue weighted by molar-refractivity contribution is -0.146. The molecule has 0 bridgehead atoms. The first-order chi connectivity index (χ1) is 16.4. The highest BCUT2D eigenvalue weighted by Crippen LogP contribution is 2.44. The molecule has 8 heteroatoms. The summed E-state index contributed by atoms with van der Waals surface area (Å²) < 4.78 is 5.54. The van der Waals surface area contributed by atoms with Gasteiger partial charge in [-0.15, -0.1) is 0 Å². The zero-order chi connectivity index (χ0) is 24.2. The van der Waals surface area contributed by atoms with Crippen molar-refractivity contribution in [1.82, 2.24) is 10.6 Å². The van der Waals surface area contributed by atoms with E-state index < -0.39 is 36.0 Å². The van der Waals surface area contributed by atoms with Gasteiger partial charge < -0.3 is 25.6 Å². The number of hydrogen-bond donors (Lipinski definition) is 4. The molecule has 0 aromatic heterocycles. The van der Waals surface area contributed by atoms with E-state index in [1.165, 1.54) is 6.92 Å². The molecule has 3 unspecified atom stereocenters. The molecule has 1 fully saturated rings. The Kier molecular flexibility index (Phi) is 7.17. The molecule has 8 nitrogen and oxygen atoms in total. The van der Waals surface area contributed by atoms with Crippen LogP contribution in [-0.2, 0) is 14.3 Å². The Hall–Kier alpha value is -3.39. The summed E-state index contributed by atoms with van der Waals surface area (Å²) in [6.07, 6.45) is 0.786. The Morgan fingerprint density at radius 2 is 1.62 bits per heavy atom. The molecular weight excluding hydrogens is 436 g/mol. The average molecular weight is 467 g/mol. The number of rotatable bonds is 9. The molecule has 0 radical (unpaired) electrons. The van der Waals surface area contributed by atoms with E-state index in [-0.39, 0.29) is 25.0 Å². The Morgan fingerprint density at radius 1 is 1.03 bits per heavy atom. The molecule has 2 aromatic carbocycles. The second-order valence-corrected chi connectivity index (χ2v) is 9.07. The number of fused-ring (bicyclic) bond motifs is 3. The van der Waals surface area contributed by atoms with Gasteiger partial charge in [0.05, 0.1) is 12.0 Å². The number of carbonyl (C=O) groups excluding carboxylic acids is 2. The van der Waals surface area contributed by atoms with Crippen molar-refractivity contribution in [3.63, 3.8) is 0 Å². The summed E-state index contributed by atoms with van der Waals surface area (Å²) in [5, 5.41) is 24.0. The Bertz CT molecular complexity index is 1020. The predicted molar refractivity (Wildman–Crippen MR) is 125 cm³/mol. The van der Waals surface area contributed by atoms with Gasteiger partial charge in [0.15, 0.2) is 6.04 Å². The number of carbonyl (C=O) groups is 3. The minimum absolute atomic E-state index is 0.0410. The molecule has 2 aliphatic carbocycles. The second kappa shape index (κ2) is 10.3. The SMILES string of the molecule is CC(O)C(NC(=O)C(CNC(=O)OCC1c2ccccc2-c2ccccc21)C1CCC1)C(=O)O. The van der Waals surface area contributed by atoms with E-state index >= 15 is 0 Å². The standard InChI is InChI=1S/C26H30N2O6/c1-15(29)23(25(31)32)28-24(30)21(16-7-6-8-16)13-27-26(33)34-14-22-19-11-4-2-9-17(19)18-10-3-5-12-20(18)22/h2-5,9-12,15-16,21-23,29H,6-8,13-14H2,1H3,(H,27,33)(H,28,30)(H,31,32). The predicted octanol–water partition coefficient (Wildman–Crippen LogP) is 2.89. The molecule has 0 spiro atoms. The van der Waals surface area contributed by atoms with Gasteiger partial charge in [0, 0.05) is 12.5 Å². The number of carboxylic acids is 1. The monoisotopic (exact) mass is 466 g/mol. The normalized spacial score (nSPS) is 17.5. The summed E-state index contributed by atoms with van der Waals surface area (Å²) in [7, 11) is 0. The highest BCUT2D eigenvalue weighted by molar-refractivity contribution is 5.86. The van der Waals surface area contributed by atoms with Gasteiger partial charge in [-0.3, -0.25) is 4.79 Å². The summed E-state index contributed by atoms with van der Waals surface area (Å²) in [5.41, 5.74) is 4.50. The molecule has 0 heterocycles. The van der Waals surface area contributed by atoms with Crippen molar-refractivity contribution in [2.24, 2.45) is 11.8 Å². The van der Waals surface area contributed by atoms with Gasteiger partial charge in [0.1, 0.15) is 6.61 Å². The van der Waals surface area contributed by atoms with Crippen LogP contribution in [0.15, 0.2) is 48.5 Å². The van der Waals surface area contributed by atoms with Crippen molar-refractivity contribution in [2.45, 2.75) is 44.2 Å². The van der Waals surface area contributed by atoms with Crippen molar-refractivity contribution < 1.29 is 29.3 Å². The maximum atomic E-state index is 12.8. The summed E-state index contributed by atoms with van der Waals surface area (Å²) in [6, 6.07) is 14.7. The molecule has 2 amide bonds. The lowest BCUT2D eigenvalue weighted by Gasteiger charge is -2.33. The van der Waals surface area contributed by atoms with Crippen LogP contribution in [0.25, 0.3) is 11.1 Å². The van der Waals surface area contributed by atoms with Crippen LogP contribution in [0, 0.1) is 11.8 Å². The van der Waals surface area contributed by atoms with E-state index in [0.29, 0.717) is 0 Å². The number of benzene rings is 2. The molecule has 2 aliphatic rings. The van der Waals surface area contributed by atoms with E-state index in [0.717, 1.165) is 41.5 Å². The molecule has 0 saturated heterocycles. The number of hydrogen-bond acceptors (Lipinski definition) is 5. The van der Waals surface area contributed by atoms with Crippen LogP contribution in [0.1, 0.15) is 43.2 Å². The first-order valence-electron chi connectivity index (χ1n) is 11.7. The van der Waals surface area contributed by atoms with Crippen molar-refractivity contribution in [2.75, 3.05) is 13.2 Å². The van der Waals surface area contributed by atoms with Crippen molar-refractivity contribution in [1.29, 1.82) is 0 Å². The van der Waals surface area contributed by atoms with Gasteiger partial charge in [0.2, 0.25) is 5.91 Å².